The van der Waals surface area contributed by atoms with E-state index in [4.69, 9.17) is 19.0 Å². The van der Waals surface area contributed by atoms with E-state index in [2.05, 4.69) is 10.1 Å². The van der Waals surface area contributed by atoms with E-state index in [-0.39, 0.29) is 5.56 Å². The fourth-order valence-corrected chi connectivity index (χ4v) is 6.36. The highest BCUT2D eigenvalue weighted by Crippen LogP contribution is 2.35. The maximum atomic E-state index is 13.5. The molecule has 8 nitrogen and oxygen atoms in total. The van der Waals surface area contributed by atoms with Crippen LogP contribution < -0.4 is 10.3 Å². The van der Waals surface area contributed by atoms with Gasteiger partial charge in [-0.2, -0.15) is 4.98 Å². The topological polar surface area (TPSA) is 92.3 Å². The lowest BCUT2D eigenvalue weighted by molar-refractivity contribution is 0.183. The molecule has 1 aromatic carbocycles. The van der Waals surface area contributed by atoms with Crippen LogP contribution in [0.15, 0.2) is 38.7 Å². The minimum atomic E-state index is 0.0146. The maximum absolute atomic E-state index is 13.5. The molecule has 0 N–H and O–H groups in total. The van der Waals surface area contributed by atoms with Crippen LogP contribution in [-0.2, 0) is 29.9 Å². The van der Waals surface area contributed by atoms with Crippen molar-refractivity contribution in [3.63, 3.8) is 0 Å². The predicted molar refractivity (Wildman–Crippen MR) is 133 cm³/mol. The molecule has 0 saturated carbocycles. The lowest BCUT2D eigenvalue weighted by Gasteiger charge is -2.12. The average molecular weight is 499 g/mol. The first-order valence-electron chi connectivity index (χ1n) is 11.4. The van der Waals surface area contributed by atoms with Gasteiger partial charge in [0.15, 0.2) is 5.16 Å². The highest BCUT2D eigenvalue weighted by Gasteiger charge is 2.23. The van der Waals surface area contributed by atoms with Gasteiger partial charge in [-0.3, -0.25) is 9.36 Å². The monoisotopic (exact) mass is 498 g/mol. The van der Waals surface area contributed by atoms with Gasteiger partial charge in [0.1, 0.15) is 10.6 Å². The molecule has 4 aromatic rings. The summed E-state index contributed by atoms with van der Waals surface area (Å²) in [5.74, 6) is 2.06. The predicted octanol–water partition coefficient (Wildman–Crippen LogP) is 4.72. The summed E-state index contributed by atoms with van der Waals surface area (Å²) in [6, 6.07) is 7.62. The number of para-hydroxylation sites is 1. The van der Waals surface area contributed by atoms with E-state index in [0.717, 1.165) is 35.0 Å². The number of hydrogen-bond donors (Lipinski definition) is 0. The number of methoxy groups -OCH3 is 1. The van der Waals surface area contributed by atoms with Crippen LogP contribution in [0.4, 0.5) is 0 Å². The van der Waals surface area contributed by atoms with Crippen molar-refractivity contribution < 1.29 is 14.0 Å². The van der Waals surface area contributed by atoms with Crippen molar-refractivity contribution in [1.29, 1.82) is 0 Å². The maximum Gasteiger partial charge on any atom is 0.263 e. The van der Waals surface area contributed by atoms with Gasteiger partial charge in [0.05, 0.1) is 36.5 Å². The van der Waals surface area contributed by atoms with E-state index in [1.54, 1.807) is 23.0 Å². The molecule has 0 spiro atoms. The van der Waals surface area contributed by atoms with Gasteiger partial charge in [-0.15, -0.1) is 11.3 Å². The Balaban J connectivity index is 1.44. The normalized spacial score (nSPS) is 13.4. The molecule has 1 aliphatic rings. The molecule has 0 atom stereocenters. The Morgan fingerprint density at radius 2 is 2.06 bits per heavy atom. The van der Waals surface area contributed by atoms with Crippen molar-refractivity contribution >= 4 is 33.3 Å². The standard InChI is InChI=1S/C24H26N4O4S2/c1-3-31-17-10-6-4-8-15(17)21-25-19(32-27-21)14-33-24-26-22-20(23(29)28(24)12-13-30-2)16-9-5-7-11-18(16)34-22/h4,6,8,10H,3,5,7,9,11-14H2,1-2H3. The Bertz CT molecular complexity index is 1360. The van der Waals surface area contributed by atoms with Crippen molar-refractivity contribution in [2.45, 2.75) is 50.1 Å². The second-order valence-corrected chi connectivity index (χ2v) is 9.99. The second kappa shape index (κ2) is 10.3. The number of aryl methyl sites for hydroxylation is 2. The van der Waals surface area contributed by atoms with Gasteiger partial charge in [-0.25, -0.2) is 4.98 Å². The molecule has 178 valence electrons. The van der Waals surface area contributed by atoms with Crippen LogP contribution in [-0.4, -0.2) is 40.0 Å². The van der Waals surface area contributed by atoms with Gasteiger partial charge in [0, 0.05) is 12.0 Å². The van der Waals surface area contributed by atoms with Crippen molar-refractivity contribution in [1.82, 2.24) is 19.7 Å². The molecule has 5 rings (SSSR count). The van der Waals surface area contributed by atoms with Gasteiger partial charge in [0.2, 0.25) is 11.7 Å². The van der Waals surface area contributed by atoms with Crippen LogP contribution in [0.25, 0.3) is 21.6 Å². The van der Waals surface area contributed by atoms with E-state index in [1.165, 1.54) is 28.6 Å². The Morgan fingerprint density at radius 3 is 2.91 bits per heavy atom. The van der Waals surface area contributed by atoms with E-state index in [1.807, 2.05) is 31.2 Å². The molecule has 10 heteroatoms. The summed E-state index contributed by atoms with van der Waals surface area (Å²) < 4.78 is 18.2. The third-order valence-electron chi connectivity index (χ3n) is 5.78. The Labute approximate surface area is 205 Å². The smallest absolute Gasteiger partial charge is 0.263 e. The van der Waals surface area contributed by atoms with E-state index in [0.29, 0.717) is 48.1 Å². The van der Waals surface area contributed by atoms with Gasteiger partial charge >= 0.3 is 0 Å². The number of ether oxygens (including phenoxy) is 2. The summed E-state index contributed by atoms with van der Waals surface area (Å²) in [6.45, 7) is 3.37. The summed E-state index contributed by atoms with van der Waals surface area (Å²) in [5.41, 5.74) is 1.99. The van der Waals surface area contributed by atoms with E-state index in [9.17, 15) is 4.79 Å². The van der Waals surface area contributed by atoms with Crippen LogP contribution in [0.3, 0.4) is 0 Å². The summed E-state index contributed by atoms with van der Waals surface area (Å²) in [7, 11) is 1.64. The van der Waals surface area contributed by atoms with Gasteiger partial charge in [-0.05, 0) is 50.3 Å². The molecule has 0 bridgehead atoms. The van der Waals surface area contributed by atoms with Gasteiger partial charge in [0.25, 0.3) is 5.56 Å². The SMILES string of the molecule is CCOc1ccccc1-c1noc(CSc2nc3sc4c(c3c(=O)n2CCOC)CCCC4)n1. The Kier molecular flexibility index (Phi) is 6.98. The number of aromatic nitrogens is 4. The summed E-state index contributed by atoms with van der Waals surface area (Å²) in [5, 5.41) is 5.57. The zero-order valence-electron chi connectivity index (χ0n) is 19.2. The first kappa shape index (κ1) is 23.1. The van der Waals surface area contributed by atoms with Gasteiger partial charge < -0.3 is 14.0 Å². The van der Waals surface area contributed by atoms with Crippen LogP contribution in [0.1, 0.15) is 36.1 Å². The molecule has 3 heterocycles. The number of nitrogens with zero attached hydrogens (tertiary/aromatic N) is 4. The van der Waals surface area contributed by atoms with E-state index >= 15 is 0 Å². The number of thiophene rings is 1. The lowest BCUT2D eigenvalue weighted by Crippen LogP contribution is -2.25. The fraction of sp³-hybridized carbons (Fsp3) is 0.417. The first-order valence-corrected chi connectivity index (χ1v) is 13.2. The number of benzene rings is 1. The first-order chi connectivity index (χ1) is 16.7. The molecule has 0 aliphatic heterocycles. The highest BCUT2D eigenvalue weighted by molar-refractivity contribution is 7.98. The van der Waals surface area contributed by atoms with E-state index < -0.39 is 0 Å². The largest absolute Gasteiger partial charge is 0.493 e. The zero-order valence-corrected chi connectivity index (χ0v) is 20.8. The summed E-state index contributed by atoms with van der Waals surface area (Å²) in [4.78, 5) is 25.1. The second-order valence-electron chi connectivity index (χ2n) is 7.96. The molecule has 3 aromatic heterocycles. The zero-order chi connectivity index (χ0) is 23.5. The lowest BCUT2D eigenvalue weighted by atomic mass is 9.97. The molecule has 0 unspecified atom stereocenters. The fourth-order valence-electron chi connectivity index (χ4n) is 4.19. The van der Waals surface area contributed by atoms with Crippen LogP contribution in [0.2, 0.25) is 0 Å². The minimum Gasteiger partial charge on any atom is -0.493 e. The number of fused-ring (bicyclic) bond motifs is 3. The van der Waals surface area contributed by atoms with Crippen molar-refractivity contribution in [3.8, 4) is 17.1 Å². The minimum absolute atomic E-state index is 0.0146. The number of hydrogen-bond acceptors (Lipinski definition) is 9. The number of rotatable bonds is 9. The van der Waals surface area contributed by atoms with Crippen LogP contribution in [0.5, 0.6) is 5.75 Å². The summed E-state index contributed by atoms with van der Waals surface area (Å²) >= 11 is 3.08. The van der Waals surface area contributed by atoms with Gasteiger partial charge in [-0.1, -0.05) is 29.1 Å². The van der Waals surface area contributed by atoms with Crippen molar-refractivity contribution in [2.75, 3.05) is 20.3 Å². The Hall–Kier alpha value is -2.69. The summed E-state index contributed by atoms with van der Waals surface area (Å²) in [6.07, 6.45) is 4.28. The highest BCUT2D eigenvalue weighted by atomic mass is 32.2. The Morgan fingerprint density at radius 1 is 1.21 bits per heavy atom. The third kappa shape index (κ3) is 4.49. The molecule has 0 radical (unpaired) electrons. The van der Waals surface area contributed by atoms with Crippen molar-refractivity contribution in [2.24, 2.45) is 0 Å². The quantitative estimate of drug-likeness (QED) is 0.242. The molecule has 0 fully saturated rings. The van der Waals surface area contributed by atoms with Crippen LogP contribution in [0, 0.1) is 0 Å². The van der Waals surface area contributed by atoms with Crippen LogP contribution >= 0.6 is 23.1 Å². The van der Waals surface area contributed by atoms with Crippen molar-refractivity contribution in [3.05, 3.63) is 51.0 Å². The third-order valence-corrected chi connectivity index (χ3v) is 7.93. The molecular formula is C24H26N4O4S2. The molecule has 34 heavy (non-hydrogen) atoms. The molecule has 0 amide bonds. The number of thioether (sulfide) groups is 1. The molecule has 1 aliphatic carbocycles. The molecule has 0 saturated heterocycles. The molecular weight excluding hydrogens is 472 g/mol. The average Bonchev–Trinajstić information content (AvgIpc) is 3.47.